The van der Waals surface area contributed by atoms with E-state index in [1.54, 1.807) is 31.2 Å². The Kier molecular flexibility index (Phi) is 4.33. The molecule has 0 aliphatic rings. The summed E-state index contributed by atoms with van der Waals surface area (Å²) < 4.78 is 6.63. The van der Waals surface area contributed by atoms with Crippen molar-refractivity contribution >= 4 is 17.6 Å². The summed E-state index contributed by atoms with van der Waals surface area (Å²) in [5.41, 5.74) is 0.552. The van der Waals surface area contributed by atoms with Gasteiger partial charge >= 0.3 is 5.97 Å². The Balaban J connectivity index is 2.54. The molecule has 0 unspecified atom stereocenters. The molecule has 1 N–H and O–H groups in total. The van der Waals surface area contributed by atoms with Gasteiger partial charge < -0.3 is 14.4 Å². The molecule has 1 aromatic carbocycles. The number of aromatic nitrogens is 1. The first kappa shape index (κ1) is 15.1. The maximum Gasteiger partial charge on any atom is 0.341 e. The van der Waals surface area contributed by atoms with Crippen molar-refractivity contribution in [2.75, 3.05) is 7.11 Å². The normalized spacial score (nSPS) is 10.4. The Labute approximate surface area is 126 Å². The zero-order chi connectivity index (χ0) is 15.6. The van der Waals surface area contributed by atoms with Crippen molar-refractivity contribution in [1.29, 1.82) is 0 Å². The van der Waals surface area contributed by atoms with Gasteiger partial charge in [-0.1, -0.05) is 11.6 Å². The Morgan fingerprint density at radius 3 is 2.67 bits per heavy atom. The molecule has 0 fully saturated rings. The predicted molar refractivity (Wildman–Crippen MR) is 79.5 cm³/mol. The van der Waals surface area contributed by atoms with Crippen molar-refractivity contribution in [3.05, 3.63) is 62.5 Å². The molecular weight excluding hydrogens is 294 g/mol. The lowest BCUT2D eigenvalue weighted by atomic mass is 10.1. The summed E-state index contributed by atoms with van der Waals surface area (Å²) in [7, 11) is 1.52. The largest absolute Gasteiger partial charge is 0.496 e. The summed E-state index contributed by atoms with van der Waals surface area (Å²) in [6, 6.07) is 8.00. The molecule has 0 radical (unpaired) electrons. The van der Waals surface area contributed by atoms with Gasteiger partial charge in [-0.25, -0.2) is 4.79 Å². The molecule has 0 spiro atoms. The van der Waals surface area contributed by atoms with Crippen LogP contribution in [0.3, 0.4) is 0 Å². The van der Waals surface area contributed by atoms with E-state index in [0.29, 0.717) is 22.0 Å². The molecule has 21 heavy (non-hydrogen) atoms. The lowest BCUT2D eigenvalue weighted by Gasteiger charge is -2.14. The highest BCUT2D eigenvalue weighted by molar-refractivity contribution is 6.30. The minimum absolute atomic E-state index is 0.190. The van der Waals surface area contributed by atoms with Gasteiger partial charge in [0.1, 0.15) is 11.3 Å². The first-order valence-electron chi connectivity index (χ1n) is 6.20. The van der Waals surface area contributed by atoms with Crippen molar-refractivity contribution < 1.29 is 14.6 Å². The number of carboxylic acid groups (broad SMARTS) is 1. The molecule has 110 valence electrons. The summed E-state index contributed by atoms with van der Waals surface area (Å²) in [5, 5.41) is 9.55. The Bertz CT molecular complexity index is 752. The van der Waals surface area contributed by atoms with Crippen LogP contribution in [0.15, 0.2) is 35.1 Å². The first-order chi connectivity index (χ1) is 9.93. The van der Waals surface area contributed by atoms with Gasteiger partial charge in [-0.3, -0.25) is 4.79 Å². The van der Waals surface area contributed by atoms with E-state index in [1.807, 2.05) is 0 Å². The standard InChI is InChI=1S/C15H14ClNO4/c1-9-3-5-12(15(19)20)14(18)17(9)8-10-7-11(16)4-6-13(10)21-2/h3-7H,8H2,1-2H3,(H,19,20). The first-order valence-corrected chi connectivity index (χ1v) is 6.58. The van der Waals surface area contributed by atoms with Crippen LogP contribution in [0.1, 0.15) is 21.6 Å². The molecule has 0 amide bonds. The average molecular weight is 308 g/mol. The van der Waals surface area contributed by atoms with Crippen LogP contribution in [0.2, 0.25) is 5.02 Å². The van der Waals surface area contributed by atoms with Crippen LogP contribution < -0.4 is 10.3 Å². The van der Waals surface area contributed by atoms with Crippen molar-refractivity contribution in [2.24, 2.45) is 0 Å². The Morgan fingerprint density at radius 2 is 2.05 bits per heavy atom. The fourth-order valence-corrected chi connectivity index (χ4v) is 2.27. The Morgan fingerprint density at radius 1 is 1.33 bits per heavy atom. The molecule has 2 rings (SSSR count). The molecule has 0 aliphatic heterocycles. The molecule has 1 heterocycles. The van der Waals surface area contributed by atoms with Crippen LogP contribution in [0.5, 0.6) is 5.75 Å². The summed E-state index contributed by atoms with van der Waals surface area (Å²) in [4.78, 5) is 23.3. The van der Waals surface area contributed by atoms with E-state index in [2.05, 4.69) is 0 Å². The topological polar surface area (TPSA) is 68.5 Å². The van der Waals surface area contributed by atoms with Gasteiger partial charge in [-0.05, 0) is 37.3 Å². The third-order valence-corrected chi connectivity index (χ3v) is 3.43. The van der Waals surface area contributed by atoms with Crippen molar-refractivity contribution in [2.45, 2.75) is 13.5 Å². The predicted octanol–water partition coefficient (Wildman–Crippen LogP) is 2.57. The number of aromatic carboxylic acids is 1. The second-order valence-corrected chi connectivity index (χ2v) is 4.98. The number of rotatable bonds is 4. The van der Waals surface area contributed by atoms with E-state index < -0.39 is 11.5 Å². The fraction of sp³-hybridized carbons (Fsp3) is 0.200. The monoisotopic (exact) mass is 307 g/mol. The van der Waals surface area contributed by atoms with E-state index in [0.717, 1.165) is 0 Å². The second kappa shape index (κ2) is 6.01. The van der Waals surface area contributed by atoms with E-state index in [-0.39, 0.29) is 12.1 Å². The third kappa shape index (κ3) is 3.08. The fourth-order valence-electron chi connectivity index (χ4n) is 2.07. The van der Waals surface area contributed by atoms with Gasteiger partial charge in [0.25, 0.3) is 5.56 Å². The zero-order valence-corrected chi connectivity index (χ0v) is 12.3. The number of aryl methyl sites for hydroxylation is 1. The molecular formula is C15H14ClNO4. The number of methoxy groups -OCH3 is 1. The lowest BCUT2D eigenvalue weighted by Crippen LogP contribution is -2.28. The maximum absolute atomic E-state index is 12.2. The number of pyridine rings is 1. The number of hydrogen-bond acceptors (Lipinski definition) is 3. The number of carbonyl (C=O) groups is 1. The minimum Gasteiger partial charge on any atom is -0.496 e. The minimum atomic E-state index is -1.24. The third-order valence-electron chi connectivity index (χ3n) is 3.19. The number of carboxylic acids is 1. The van der Waals surface area contributed by atoms with Crippen molar-refractivity contribution in [1.82, 2.24) is 4.57 Å². The lowest BCUT2D eigenvalue weighted by molar-refractivity contribution is 0.0694. The van der Waals surface area contributed by atoms with E-state index in [9.17, 15) is 9.59 Å². The maximum atomic E-state index is 12.2. The summed E-state index contributed by atoms with van der Waals surface area (Å²) >= 11 is 5.96. The second-order valence-electron chi connectivity index (χ2n) is 4.54. The van der Waals surface area contributed by atoms with Crippen LogP contribution in [0.25, 0.3) is 0 Å². The van der Waals surface area contributed by atoms with Crippen molar-refractivity contribution in [3.8, 4) is 5.75 Å². The quantitative estimate of drug-likeness (QED) is 0.942. The van der Waals surface area contributed by atoms with E-state index in [1.165, 1.54) is 17.7 Å². The average Bonchev–Trinajstić information content (AvgIpc) is 2.43. The van der Waals surface area contributed by atoms with Gasteiger partial charge in [-0.15, -0.1) is 0 Å². The highest BCUT2D eigenvalue weighted by atomic mass is 35.5. The van der Waals surface area contributed by atoms with Crippen LogP contribution in [-0.2, 0) is 6.54 Å². The zero-order valence-electron chi connectivity index (χ0n) is 11.6. The van der Waals surface area contributed by atoms with E-state index >= 15 is 0 Å². The van der Waals surface area contributed by atoms with Gasteiger partial charge in [0.15, 0.2) is 0 Å². The highest BCUT2D eigenvalue weighted by Crippen LogP contribution is 2.23. The van der Waals surface area contributed by atoms with Crippen LogP contribution >= 0.6 is 11.6 Å². The molecule has 0 aliphatic carbocycles. The number of benzene rings is 1. The smallest absolute Gasteiger partial charge is 0.341 e. The summed E-state index contributed by atoms with van der Waals surface area (Å²) in [6.07, 6.45) is 0. The SMILES string of the molecule is COc1ccc(Cl)cc1Cn1c(C)ccc(C(=O)O)c1=O. The van der Waals surface area contributed by atoms with Gasteiger partial charge in [0.05, 0.1) is 13.7 Å². The molecule has 6 heteroatoms. The van der Waals surface area contributed by atoms with Crippen molar-refractivity contribution in [3.63, 3.8) is 0 Å². The van der Waals surface area contributed by atoms with Crippen LogP contribution in [0, 0.1) is 6.92 Å². The summed E-state index contributed by atoms with van der Waals surface area (Å²) in [6.45, 7) is 1.93. The number of hydrogen-bond donors (Lipinski definition) is 1. The Hall–Kier alpha value is -2.27. The molecule has 2 aromatic rings. The highest BCUT2D eigenvalue weighted by Gasteiger charge is 2.14. The molecule has 0 atom stereocenters. The molecule has 0 saturated heterocycles. The van der Waals surface area contributed by atoms with Crippen LogP contribution in [-0.4, -0.2) is 22.8 Å². The molecule has 0 saturated carbocycles. The summed E-state index contributed by atoms with van der Waals surface area (Å²) in [5.74, 6) is -0.654. The number of halogens is 1. The van der Waals surface area contributed by atoms with Crippen LogP contribution in [0.4, 0.5) is 0 Å². The van der Waals surface area contributed by atoms with E-state index in [4.69, 9.17) is 21.4 Å². The number of ether oxygens (including phenoxy) is 1. The molecule has 1 aromatic heterocycles. The van der Waals surface area contributed by atoms with Gasteiger partial charge in [0, 0.05) is 16.3 Å². The van der Waals surface area contributed by atoms with Gasteiger partial charge in [0.2, 0.25) is 0 Å². The van der Waals surface area contributed by atoms with Gasteiger partial charge in [-0.2, -0.15) is 0 Å². The molecule has 5 nitrogen and oxygen atoms in total. The number of nitrogens with zero attached hydrogens (tertiary/aromatic N) is 1. The molecule has 0 bridgehead atoms.